The van der Waals surface area contributed by atoms with Crippen molar-refractivity contribution in [3.63, 3.8) is 0 Å². The van der Waals surface area contributed by atoms with Crippen molar-refractivity contribution in [1.82, 2.24) is 0 Å². The molecule has 1 N–H and O–H groups in total. The second kappa shape index (κ2) is 8.11. The minimum absolute atomic E-state index is 0.0107. The molecule has 0 aliphatic carbocycles. The molecule has 0 heterocycles. The summed E-state index contributed by atoms with van der Waals surface area (Å²) in [6.07, 6.45) is 0.801. The molecule has 0 unspecified atom stereocenters. The zero-order valence-corrected chi connectivity index (χ0v) is 15.7. The molecule has 0 aliphatic rings. The molecule has 0 aliphatic heterocycles. The van der Waals surface area contributed by atoms with Gasteiger partial charge in [-0.3, -0.25) is 9.59 Å². The van der Waals surface area contributed by atoms with Gasteiger partial charge < -0.3 is 10.2 Å². The summed E-state index contributed by atoms with van der Waals surface area (Å²) in [7, 11) is 0. The number of nitrogens with one attached hydrogen (secondary N) is 1. The number of benzene rings is 2. The third-order valence-corrected chi connectivity index (χ3v) is 4.31. The van der Waals surface area contributed by atoms with Gasteiger partial charge in [0, 0.05) is 17.1 Å². The SMILES string of the molecule is CCc1cccc(C)c1N(CC(=O)Nc1ccc(Br)cc1)C(C)=O. The predicted octanol–water partition coefficient (Wildman–Crippen LogP) is 4.31. The lowest BCUT2D eigenvalue weighted by atomic mass is 10.0. The molecule has 4 nitrogen and oxygen atoms in total. The van der Waals surface area contributed by atoms with Gasteiger partial charge in [-0.1, -0.05) is 41.1 Å². The van der Waals surface area contributed by atoms with Gasteiger partial charge in [0.2, 0.25) is 11.8 Å². The maximum absolute atomic E-state index is 12.4. The fourth-order valence-corrected chi connectivity index (χ4v) is 2.88. The smallest absolute Gasteiger partial charge is 0.244 e. The summed E-state index contributed by atoms with van der Waals surface area (Å²) in [6.45, 7) is 5.47. The molecular formula is C19H21BrN2O2. The van der Waals surface area contributed by atoms with Gasteiger partial charge >= 0.3 is 0 Å². The molecule has 24 heavy (non-hydrogen) atoms. The Bertz CT molecular complexity index is 742. The van der Waals surface area contributed by atoms with Crippen molar-refractivity contribution in [2.45, 2.75) is 27.2 Å². The van der Waals surface area contributed by atoms with E-state index in [1.54, 1.807) is 4.90 Å². The Morgan fingerprint density at radius 2 is 1.79 bits per heavy atom. The van der Waals surface area contributed by atoms with Gasteiger partial charge in [-0.2, -0.15) is 0 Å². The zero-order chi connectivity index (χ0) is 17.7. The van der Waals surface area contributed by atoms with Gasteiger partial charge in [-0.25, -0.2) is 0 Å². The Morgan fingerprint density at radius 1 is 1.12 bits per heavy atom. The molecule has 126 valence electrons. The molecule has 0 aromatic heterocycles. The largest absolute Gasteiger partial charge is 0.325 e. The molecule has 2 amide bonds. The Hall–Kier alpha value is -2.14. The van der Waals surface area contributed by atoms with E-state index in [1.165, 1.54) is 6.92 Å². The predicted molar refractivity (Wildman–Crippen MR) is 101 cm³/mol. The number of aryl methyl sites for hydroxylation is 2. The van der Waals surface area contributed by atoms with E-state index in [9.17, 15) is 9.59 Å². The standard InChI is InChI=1S/C19H21BrN2O2/c1-4-15-7-5-6-13(2)19(15)22(14(3)23)12-18(24)21-17-10-8-16(20)9-11-17/h5-11H,4,12H2,1-3H3,(H,21,24). The fraction of sp³-hybridized carbons (Fsp3) is 0.263. The number of hydrogen-bond donors (Lipinski definition) is 1. The van der Waals surface area contributed by atoms with E-state index in [0.29, 0.717) is 5.69 Å². The van der Waals surface area contributed by atoms with Gasteiger partial charge in [0.15, 0.2) is 0 Å². The molecule has 2 rings (SSSR count). The Morgan fingerprint density at radius 3 is 2.38 bits per heavy atom. The van der Waals surface area contributed by atoms with Crippen LogP contribution in [0.25, 0.3) is 0 Å². The Balaban J connectivity index is 2.21. The first-order valence-electron chi connectivity index (χ1n) is 7.84. The molecular weight excluding hydrogens is 368 g/mol. The molecule has 0 saturated carbocycles. The van der Waals surface area contributed by atoms with Crippen molar-refractivity contribution in [1.29, 1.82) is 0 Å². The summed E-state index contributed by atoms with van der Waals surface area (Å²) in [5.74, 6) is -0.372. The average Bonchev–Trinajstić information content (AvgIpc) is 2.54. The lowest BCUT2D eigenvalue weighted by Gasteiger charge is -2.25. The van der Waals surface area contributed by atoms with Crippen molar-refractivity contribution in [3.8, 4) is 0 Å². The summed E-state index contributed by atoms with van der Waals surface area (Å²) in [4.78, 5) is 26.1. The maximum atomic E-state index is 12.4. The van der Waals surface area contributed by atoms with Crippen LogP contribution < -0.4 is 10.2 Å². The second-order valence-corrected chi connectivity index (χ2v) is 6.51. The molecule has 0 spiro atoms. The number of hydrogen-bond acceptors (Lipinski definition) is 2. The van der Waals surface area contributed by atoms with Crippen LogP contribution in [0, 0.1) is 6.92 Å². The third-order valence-electron chi connectivity index (χ3n) is 3.78. The van der Waals surface area contributed by atoms with Crippen molar-refractivity contribution < 1.29 is 9.59 Å². The number of amides is 2. The number of halogens is 1. The fourth-order valence-electron chi connectivity index (χ4n) is 2.62. The van der Waals surface area contributed by atoms with E-state index >= 15 is 0 Å². The van der Waals surface area contributed by atoms with Gasteiger partial charge in [0.1, 0.15) is 6.54 Å². The van der Waals surface area contributed by atoms with Crippen LogP contribution in [0.15, 0.2) is 46.9 Å². The summed E-state index contributed by atoms with van der Waals surface area (Å²) in [5.41, 5.74) is 3.58. The number of carbonyl (C=O) groups excluding carboxylic acids is 2. The molecule has 0 fully saturated rings. The van der Waals surface area contributed by atoms with E-state index in [-0.39, 0.29) is 18.4 Å². The van der Waals surface area contributed by atoms with Crippen LogP contribution in [0.5, 0.6) is 0 Å². The Labute approximate surface area is 151 Å². The average molecular weight is 389 g/mol. The number of nitrogens with zero attached hydrogens (tertiary/aromatic N) is 1. The van der Waals surface area contributed by atoms with Crippen LogP contribution in [0.4, 0.5) is 11.4 Å². The summed E-state index contributed by atoms with van der Waals surface area (Å²) < 4.78 is 0.943. The van der Waals surface area contributed by atoms with Gasteiger partial charge in [-0.15, -0.1) is 0 Å². The normalized spacial score (nSPS) is 10.3. The van der Waals surface area contributed by atoms with E-state index in [2.05, 4.69) is 21.2 Å². The van der Waals surface area contributed by atoms with Crippen LogP contribution >= 0.6 is 15.9 Å². The highest BCUT2D eigenvalue weighted by Gasteiger charge is 2.20. The minimum atomic E-state index is -0.224. The highest BCUT2D eigenvalue weighted by Crippen LogP contribution is 2.26. The monoisotopic (exact) mass is 388 g/mol. The van der Waals surface area contributed by atoms with Crippen molar-refractivity contribution in [2.75, 3.05) is 16.8 Å². The number of anilines is 2. The number of para-hydroxylation sites is 1. The van der Waals surface area contributed by atoms with Crippen molar-refractivity contribution >= 4 is 39.1 Å². The molecule has 2 aromatic carbocycles. The minimum Gasteiger partial charge on any atom is -0.325 e. The summed E-state index contributed by atoms with van der Waals surface area (Å²) in [6, 6.07) is 13.3. The lowest BCUT2D eigenvalue weighted by molar-refractivity contribution is -0.120. The van der Waals surface area contributed by atoms with E-state index < -0.39 is 0 Å². The summed E-state index contributed by atoms with van der Waals surface area (Å²) in [5, 5.41) is 2.83. The Kier molecular flexibility index (Phi) is 6.15. The van der Waals surface area contributed by atoms with Crippen LogP contribution in [-0.2, 0) is 16.0 Å². The van der Waals surface area contributed by atoms with E-state index in [0.717, 1.165) is 27.7 Å². The van der Waals surface area contributed by atoms with Gasteiger partial charge in [-0.05, 0) is 48.7 Å². The number of carbonyl (C=O) groups is 2. The van der Waals surface area contributed by atoms with Crippen LogP contribution in [0.1, 0.15) is 25.0 Å². The highest BCUT2D eigenvalue weighted by atomic mass is 79.9. The quantitative estimate of drug-likeness (QED) is 0.829. The molecule has 0 atom stereocenters. The van der Waals surface area contributed by atoms with Crippen molar-refractivity contribution in [3.05, 3.63) is 58.1 Å². The van der Waals surface area contributed by atoms with Crippen molar-refractivity contribution in [2.24, 2.45) is 0 Å². The first kappa shape index (κ1) is 18.2. The topological polar surface area (TPSA) is 49.4 Å². The molecule has 5 heteroatoms. The first-order valence-corrected chi connectivity index (χ1v) is 8.63. The second-order valence-electron chi connectivity index (χ2n) is 5.60. The molecule has 2 aromatic rings. The summed E-state index contributed by atoms with van der Waals surface area (Å²) >= 11 is 3.36. The maximum Gasteiger partial charge on any atom is 0.244 e. The van der Waals surface area contributed by atoms with E-state index in [4.69, 9.17) is 0 Å². The first-order chi connectivity index (χ1) is 11.4. The van der Waals surface area contributed by atoms with Crippen LogP contribution in [0.3, 0.4) is 0 Å². The van der Waals surface area contributed by atoms with Gasteiger partial charge in [0.05, 0.1) is 5.69 Å². The molecule has 0 bridgehead atoms. The number of rotatable bonds is 5. The van der Waals surface area contributed by atoms with E-state index in [1.807, 2.05) is 56.3 Å². The molecule has 0 radical (unpaired) electrons. The lowest BCUT2D eigenvalue weighted by Crippen LogP contribution is -2.37. The highest BCUT2D eigenvalue weighted by molar-refractivity contribution is 9.10. The third kappa shape index (κ3) is 4.45. The van der Waals surface area contributed by atoms with Crippen LogP contribution in [0.2, 0.25) is 0 Å². The van der Waals surface area contributed by atoms with Gasteiger partial charge in [0.25, 0.3) is 0 Å². The van der Waals surface area contributed by atoms with Crippen LogP contribution in [-0.4, -0.2) is 18.4 Å². The molecule has 0 saturated heterocycles. The zero-order valence-electron chi connectivity index (χ0n) is 14.1.